The molecule has 0 aromatic heterocycles. The maximum Gasteiger partial charge on any atom is 0.115 e. The van der Waals surface area contributed by atoms with Crippen molar-refractivity contribution in [1.82, 2.24) is 0 Å². The first-order valence-electron chi connectivity index (χ1n) is 12.1. The Labute approximate surface area is 210 Å². The van der Waals surface area contributed by atoms with Crippen molar-refractivity contribution in [1.29, 1.82) is 0 Å². The van der Waals surface area contributed by atoms with Crippen molar-refractivity contribution in [2.45, 2.75) is 47.5 Å². The quantitative estimate of drug-likeness (QED) is 0.298. The lowest BCUT2D eigenvalue weighted by atomic mass is 9.65. The van der Waals surface area contributed by atoms with E-state index in [4.69, 9.17) is 0 Å². The van der Waals surface area contributed by atoms with Crippen LogP contribution < -0.4 is 0 Å². The van der Waals surface area contributed by atoms with Gasteiger partial charge in [0.2, 0.25) is 0 Å². The number of fused-ring (bicyclic) bond motifs is 1. The van der Waals surface area contributed by atoms with Gasteiger partial charge in [0.05, 0.1) is 10.00 Å². The zero-order chi connectivity index (χ0) is 24.5. The number of phenols is 3. The molecule has 3 aromatic rings. The number of hydrogen-bond acceptors (Lipinski definition) is 5. The van der Waals surface area contributed by atoms with Gasteiger partial charge < -0.3 is 20.4 Å². The molecule has 4 nitrogen and oxygen atoms in total. The van der Waals surface area contributed by atoms with Gasteiger partial charge in [0, 0.05) is 5.41 Å². The van der Waals surface area contributed by atoms with Gasteiger partial charge >= 0.3 is 0 Å². The van der Waals surface area contributed by atoms with Gasteiger partial charge in [-0.05, 0) is 78.1 Å². The molecule has 35 heavy (non-hydrogen) atoms. The average Bonchev–Trinajstić information content (AvgIpc) is 3.61. The van der Waals surface area contributed by atoms with Gasteiger partial charge in [0.15, 0.2) is 0 Å². The summed E-state index contributed by atoms with van der Waals surface area (Å²) in [7, 11) is 0. The van der Waals surface area contributed by atoms with Gasteiger partial charge in [-0.1, -0.05) is 61.7 Å². The maximum absolute atomic E-state index is 9.51. The van der Waals surface area contributed by atoms with E-state index < -0.39 is 0 Å². The first kappa shape index (κ1) is 23.4. The molecular weight excluding hydrogens is 456 g/mol. The molecule has 0 amide bonds. The smallest absolute Gasteiger partial charge is 0.115 e. The highest BCUT2D eigenvalue weighted by Crippen LogP contribution is 2.64. The van der Waals surface area contributed by atoms with Crippen LogP contribution >= 0.6 is 11.8 Å². The summed E-state index contributed by atoms with van der Waals surface area (Å²) in [6.07, 6.45) is 11.6. The lowest BCUT2D eigenvalue weighted by Crippen LogP contribution is -2.30. The normalized spacial score (nSPS) is 23.9. The van der Waals surface area contributed by atoms with E-state index in [0.717, 1.165) is 12.8 Å². The van der Waals surface area contributed by atoms with Crippen molar-refractivity contribution >= 4 is 11.8 Å². The second kappa shape index (κ2) is 9.38. The summed E-state index contributed by atoms with van der Waals surface area (Å²) in [5.41, 5.74) is 3.73. The van der Waals surface area contributed by atoms with Crippen molar-refractivity contribution in [3.05, 3.63) is 113 Å². The topological polar surface area (TPSA) is 80.9 Å². The molecule has 3 aliphatic rings. The van der Waals surface area contributed by atoms with Crippen molar-refractivity contribution in [3.8, 4) is 17.2 Å². The molecule has 0 spiro atoms. The predicted octanol–water partition coefficient (Wildman–Crippen LogP) is 7.06. The van der Waals surface area contributed by atoms with Crippen molar-refractivity contribution in [2.75, 3.05) is 0 Å². The lowest BCUT2D eigenvalue weighted by molar-refractivity contribution is 0.345. The molecule has 3 aromatic carbocycles. The summed E-state index contributed by atoms with van der Waals surface area (Å²) in [5.74, 6) is 1.26. The maximum atomic E-state index is 9.51. The highest BCUT2D eigenvalue weighted by molar-refractivity contribution is 8.08. The van der Waals surface area contributed by atoms with E-state index in [-0.39, 0.29) is 15.9 Å². The molecule has 0 radical (unpaired) electrons. The number of aromatic hydroxyl groups is 3. The summed E-state index contributed by atoms with van der Waals surface area (Å²) in [6, 6.07) is 22.5. The van der Waals surface area contributed by atoms with Crippen LogP contribution in [-0.2, 0) is 10.2 Å². The molecule has 2 aliphatic carbocycles. The lowest BCUT2D eigenvalue weighted by Gasteiger charge is -2.38. The third-order valence-electron chi connectivity index (χ3n) is 7.38. The van der Waals surface area contributed by atoms with E-state index in [1.807, 2.05) is 48.6 Å². The van der Waals surface area contributed by atoms with E-state index in [1.165, 1.54) is 36.0 Å². The van der Waals surface area contributed by atoms with Gasteiger partial charge in [0.25, 0.3) is 0 Å². The highest BCUT2D eigenvalue weighted by Gasteiger charge is 2.55. The zero-order valence-corrected chi connectivity index (χ0v) is 20.3. The number of hydrogen-bond donors (Lipinski definition) is 4. The van der Waals surface area contributed by atoms with Crippen molar-refractivity contribution in [3.63, 3.8) is 0 Å². The fourth-order valence-electron chi connectivity index (χ4n) is 5.40. The fourth-order valence-corrected chi connectivity index (χ4v) is 6.66. The number of thioether (sulfide) groups is 1. The third kappa shape index (κ3) is 4.65. The highest BCUT2D eigenvalue weighted by atomic mass is 32.2. The number of aliphatic hydroxyl groups excluding tert-OH is 1. The number of allylic oxidation sites excluding steroid dienone is 1. The SMILES string of the molecule is OC1=CC2SC2(c2ccc(O)cc2)C=C1.Oc1ccc(C2(c3ccc(O)cc3)CCCCC2)cc1. The first-order chi connectivity index (χ1) is 16.9. The summed E-state index contributed by atoms with van der Waals surface area (Å²) < 4.78 is -0.0000694. The van der Waals surface area contributed by atoms with Gasteiger partial charge in [-0.15, -0.1) is 11.8 Å². The summed E-state index contributed by atoms with van der Waals surface area (Å²) >= 11 is 1.80. The standard InChI is InChI=1S/C18H20O2.C12H10O2S/c19-16-8-4-14(5-9-16)18(12-2-1-3-13-18)15-6-10-17(20)11-7-15;13-9-3-1-8(2-4-9)12-6-5-10(14)7-11(12)15-12/h4-11,19-20H,1-3,12-13H2;1-7,11,13-14H. The van der Waals surface area contributed by atoms with E-state index in [9.17, 15) is 20.4 Å². The molecule has 0 bridgehead atoms. The molecule has 4 N–H and O–H groups in total. The van der Waals surface area contributed by atoms with Gasteiger partial charge in [-0.3, -0.25) is 0 Å². The summed E-state index contributed by atoms with van der Waals surface area (Å²) in [4.78, 5) is 0. The third-order valence-corrected chi connectivity index (χ3v) is 8.90. The molecule has 180 valence electrons. The van der Waals surface area contributed by atoms with Crippen LogP contribution in [0.1, 0.15) is 48.8 Å². The van der Waals surface area contributed by atoms with E-state index in [1.54, 1.807) is 54.2 Å². The van der Waals surface area contributed by atoms with E-state index in [0.29, 0.717) is 22.5 Å². The Balaban J connectivity index is 0.000000151. The Morgan fingerprint density at radius 2 is 1.06 bits per heavy atom. The van der Waals surface area contributed by atoms with E-state index in [2.05, 4.69) is 0 Å². The molecule has 6 rings (SSSR count). The number of rotatable bonds is 3. The Hall–Kier alpha value is -3.31. The van der Waals surface area contributed by atoms with Gasteiger partial charge in [-0.2, -0.15) is 0 Å². The molecule has 1 saturated heterocycles. The average molecular weight is 487 g/mol. The van der Waals surface area contributed by atoms with Crippen LogP contribution in [0.5, 0.6) is 17.2 Å². The van der Waals surface area contributed by atoms with Gasteiger partial charge in [0.1, 0.15) is 23.0 Å². The van der Waals surface area contributed by atoms with Crippen LogP contribution in [0.15, 0.2) is 96.8 Å². The Morgan fingerprint density at radius 3 is 1.51 bits per heavy atom. The van der Waals surface area contributed by atoms with Gasteiger partial charge in [-0.25, -0.2) is 0 Å². The molecular formula is C30H30O4S. The number of aliphatic hydroxyl groups is 1. The number of benzene rings is 3. The summed E-state index contributed by atoms with van der Waals surface area (Å²) in [6.45, 7) is 0. The van der Waals surface area contributed by atoms with Crippen LogP contribution in [0, 0.1) is 0 Å². The van der Waals surface area contributed by atoms with Crippen molar-refractivity contribution < 1.29 is 20.4 Å². The first-order valence-corrected chi connectivity index (χ1v) is 13.0. The minimum Gasteiger partial charge on any atom is -0.508 e. The largest absolute Gasteiger partial charge is 0.508 e. The molecule has 2 unspecified atom stereocenters. The minimum absolute atomic E-state index is 0.0000694. The Kier molecular flexibility index (Phi) is 6.28. The Bertz CT molecular complexity index is 1180. The van der Waals surface area contributed by atoms with Crippen LogP contribution in [0.25, 0.3) is 0 Å². The molecule has 1 aliphatic heterocycles. The minimum atomic E-state index is -0.0000694. The van der Waals surface area contributed by atoms with Crippen molar-refractivity contribution in [2.24, 2.45) is 0 Å². The summed E-state index contributed by atoms with van der Waals surface area (Å²) in [5, 5.41) is 37.9. The Morgan fingerprint density at radius 1 is 0.600 bits per heavy atom. The second-order valence-corrected chi connectivity index (χ2v) is 11.0. The number of phenolic OH excluding ortho intramolecular Hbond substituents is 3. The molecule has 1 saturated carbocycles. The fraction of sp³-hybridized carbons (Fsp3) is 0.267. The van der Waals surface area contributed by atoms with Crippen LogP contribution in [-0.4, -0.2) is 25.7 Å². The zero-order valence-electron chi connectivity index (χ0n) is 19.5. The second-order valence-electron chi connectivity index (χ2n) is 9.54. The molecule has 2 fully saturated rings. The molecule has 2 atom stereocenters. The predicted molar refractivity (Wildman–Crippen MR) is 141 cm³/mol. The van der Waals surface area contributed by atoms with Crippen LogP contribution in [0.2, 0.25) is 0 Å². The monoisotopic (exact) mass is 486 g/mol. The van der Waals surface area contributed by atoms with Crippen LogP contribution in [0.4, 0.5) is 0 Å². The van der Waals surface area contributed by atoms with Crippen LogP contribution in [0.3, 0.4) is 0 Å². The molecule has 1 heterocycles. The molecule has 5 heteroatoms. The van der Waals surface area contributed by atoms with E-state index >= 15 is 0 Å².